The highest BCUT2D eigenvalue weighted by atomic mass is 16.6. The van der Waals surface area contributed by atoms with Crippen LogP contribution in [0.4, 0.5) is 0 Å². The van der Waals surface area contributed by atoms with Crippen molar-refractivity contribution < 1.29 is 87.8 Å². The number of ether oxygens (including phenoxy) is 6. The molecular formula is C98H190N4O18. The van der Waals surface area contributed by atoms with E-state index in [1.54, 1.807) is 0 Å². The molecule has 0 bridgehead atoms. The molecular weight excluding hydrogens is 1520 g/mol. The van der Waals surface area contributed by atoms with Gasteiger partial charge in [0.15, 0.2) is 0 Å². The number of esters is 6. The fourth-order valence-electron chi connectivity index (χ4n) is 15.5. The van der Waals surface area contributed by atoms with Crippen LogP contribution in [0.1, 0.15) is 440 Å². The molecule has 0 aliphatic carbocycles. The third kappa shape index (κ3) is 82.7. The third-order valence-electron chi connectivity index (χ3n) is 23.0. The predicted molar refractivity (Wildman–Crippen MR) is 488 cm³/mol. The van der Waals surface area contributed by atoms with Gasteiger partial charge in [-0.25, -0.2) is 0 Å². The van der Waals surface area contributed by atoms with E-state index in [0.717, 1.165) is 116 Å². The van der Waals surface area contributed by atoms with Gasteiger partial charge in [0.2, 0.25) is 0 Å². The summed E-state index contributed by atoms with van der Waals surface area (Å²) in [6.07, 6.45) is 56.0. The van der Waals surface area contributed by atoms with Crippen LogP contribution < -0.4 is 0 Å². The summed E-state index contributed by atoms with van der Waals surface area (Å²) in [5.74, 6) is -2.43. The first-order chi connectivity index (χ1) is 58.4. The van der Waals surface area contributed by atoms with Gasteiger partial charge in [-0.15, -0.1) is 0 Å². The normalized spacial score (nSPS) is 13.3. The summed E-state index contributed by atoms with van der Waals surface area (Å²) >= 11 is 0. The fraction of sp³-hybridized carbons (Fsp3) is 0.939. The van der Waals surface area contributed by atoms with Gasteiger partial charge in [0.25, 0.3) is 0 Å². The Balaban J connectivity index is 7.33. The van der Waals surface area contributed by atoms with E-state index in [2.05, 4.69) is 46.4 Å². The van der Waals surface area contributed by atoms with Crippen LogP contribution >= 0.6 is 0 Å². The van der Waals surface area contributed by atoms with Crippen molar-refractivity contribution in [3.8, 4) is 0 Å². The molecule has 0 aromatic heterocycles. The Morgan fingerprint density at radius 2 is 0.283 bits per heavy atom. The maximum absolute atomic E-state index is 13.2. The lowest BCUT2D eigenvalue weighted by Gasteiger charge is -2.34. The number of aliphatic hydroxyl groups is 6. The van der Waals surface area contributed by atoms with Crippen molar-refractivity contribution >= 4 is 35.8 Å². The number of rotatable bonds is 95. The van der Waals surface area contributed by atoms with Crippen molar-refractivity contribution in [2.24, 2.45) is 0 Å². The molecule has 0 heterocycles. The van der Waals surface area contributed by atoms with Crippen LogP contribution in [-0.2, 0) is 57.2 Å². The van der Waals surface area contributed by atoms with Crippen LogP contribution in [0.5, 0.6) is 0 Å². The Labute approximate surface area is 734 Å². The second-order valence-corrected chi connectivity index (χ2v) is 35.3. The highest BCUT2D eigenvalue weighted by Gasteiger charge is 2.26. The lowest BCUT2D eigenvalue weighted by Crippen LogP contribution is -2.49. The van der Waals surface area contributed by atoms with Crippen molar-refractivity contribution in [2.45, 2.75) is 476 Å². The van der Waals surface area contributed by atoms with Gasteiger partial charge in [0.1, 0.15) is 76.3 Å². The third-order valence-corrected chi connectivity index (χ3v) is 23.0. The second kappa shape index (κ2) is 88.8. The molecule has 0 amide bonds. The molecule has 0 rings (SSSR count). The molecule has 6 N–H and O–H groups in total. The molecule has 0 spiro atoms. The Bertz CT molecular complexity index is 2080. The van der Waals surface area contributed by atoms with Crippen molar-refractivity contribution in [3.63, 3.8) is 0 Å². The number of carbonyl (C=O) groups is 6. The van der Waals surface area contributed by atoms with Crippen molar-refractivity contribution in [2.75, 3.05) is 118 Å². The topological polar surface area (TPSA) is 292 Å². The number of hydrogen-bond donors (Lipinski definition) is 6. The summed E-state index contributed by atoms with van der Waals surface area (Å²) in [5, 5.41) is 70.2. The van der Waals surface area contributed by atoms with Crippen molar-refractivity contribution in [3.05, 3.63) is 0 Å². The van der Waals surface area contributed by atoms with Gasteiger partial charge < -0.3 is 59.1 Å². The minimum absolute atomic E-state index is 0.0383. The summed E-state index contributed by atoms with van der Waals surface area (Å²) in [6.45, 7) is 12.7. The second-order valence-electron chi connectivity index (χ2n) is 35.3. The zero-order chi connectivity index (χ0) is 88.0. The van der Waals surface area contributed by atoms with Gasteiger partial charge in [-0.2, -0.15) is 0 Å². The average Bonchev–Trinajstić information content (AvgIpc) is 0.902. The largest absolute Gasteiger partial charge is 0.463 e. The highest BCUT2D eigenvalue weighted by molar-refractivity contribution is 5.71. The summed E-state index contributed by atoms with van der Waals surface area (Å²) < 4.78 is 34.0. The van der Waals surface area contributed by atoms with E-state index in [1.807, 2.05) is 14.7 Å². The van der Waals surface area contributed by atoms with E-state index < -0.39 is 72.4 Å². The number of aliphatic hydroxyl groups excluding tert-OH is 6. The summed E-state index contributed by atoms with van der Waals surface area (Å²) in [6, 6.07) is 0. The lowest BCUT2D eigenvalue weighted by molar-refractivity contribution is -0.148. The summed E-state index contributed by atoms with van der Waals surface area (Å²) in [7, 11) is 0. The van der Waals surface area contributed by atoms with Crippen molar-refractivity contribution in [1.82, 2.24) is 19.6 Å². The molecule has 0 aliphatic heterocycles. The Morgan fingerprint density at radius 1 is 0.175 bits per heavy atom. The Hall–Kier alpha value is -3.58. The number of nitrogens with zero attached hydrogens (tertiary/aromatic N) is 4. The van der Waals surface area contributed by atoms with Crippen LogP contribution in [0.3, 0.4) is 0 Å². The molecule has 6 atom stereocenters. The first kappa shape index (κ1) is 116. The van der Waals surface area contributed by atoms with Crippen molar-refractivity contribution in [1.29, 1.82) is 0 Å². The van der Waals surface area contributed by atoms with E-state index in [0.29, 0.717) is 38.5 Å². The fourth-order valence-corrected chi connectivity index (χ4v) is 15.5. The lowest BCUT2D eigenvalue weighted by atomic mass is 10.1. The smallest absolute Gasteiger partial charge is 0.305 e. The Kier molecular flexibility index (Phi) is 86.2. The van der Waals surface area contributed by atoms with E-state index in [9.17, 15) is 59.4 Å². The molecule has 0 fully saturated rings. The molecule has 22 nitrogen and oxygen atoms in total. The molecule has 120 heavy (non-hydrogen) atoms. The molecule has 22 heteroatoms. The minimum Gasteiger partial charge on any atom is -0.463 e. The monoisotopic (exact) mass is 1710 g/mol. The van der Waals surface area contributed by atoms with Crippen LogP contribution in [0.15, 0.2) is 0 Å². The van der Waals surface area contributed by atoms with E-state index in [1.165, 1.54) is 205 Å². The number of unbranched alkanes of at least 4 members (excludes halogenated alkanes) is 50. The molecule has 710 valence electrons. The highest BCUT2D eigenvalue weighted by Crippen LogP contribution is 2.19. The maximum atomic E-state index is 13.2. The predicted octanol–water partition coefficient (Wildman–Crippen LogP) is 19.9. The van der Waals surface area contributed by atoms with Gasteiger partial charge in [0, 0.05) is 117 Å². The zero-order valence-electron chi connectivity index (χ0n) is 78.4. The number of carbonyl (C=O) groups excluding carboxylic acids is 6. The quantitative estimate of drug-likeness (QED) is 0.0187. The zero-order valence-corrected chi connectivity index (χ0v) is 78.4. The molecule has 0 saturated carbocycles. The van der Waals surface area contributed by atoms with Crippen LogP contribution in [0.2, 0.25) is 0 Å². The standard InChI is InChI=1S/C98H190N4O18/c1-7-13-19-25-31-37-38-44-50-56-62-68-98(114)120-86-92(108)80-102(79-91(107)85-119-97(113)67-61-55-49-43-36-30-24-18-12-6)74-71-99(69-72-100(75-87(103)81-115-93(109)63-57-51-45-39-32-26-20-14-8-2)76-88(104)82-116-94(110)64-58-52-46-40-33-27-21-15-9-3)70-73-101(77-89(105)83-117-95(111)65-59-53-47-41-34-28-22-16-10-4)78-90(106)84-118-96(112)66-60-54-48-42-35-29-23-17-11-5/h87-92,103-108H,7-86H2,1-6H3. The van der Waals surface area contributed by atoms with Gasteiger partial charge in [-0.05, 0) is 38.5 Å². The molecule has 0 aromatic rings. The van der Waals surface area contributed by atoms with E-state index >= 15 is 0 Å². The van der Waals surface area contributed by atoms with Gasteiger partial charge in [-0.3, -0.25) is 48.4 Å². The molecule has 0 saturated heterocycles. The Morgan fingerprint density at radius 3 is 0.408 bits per heavy atom. The van der Waals surface area contributed by atoms with Crippen LogP contribution in [0.25, 0.3) is 0 Å². The summed E-state index contributed by atoms with van der Waals surface area (Å²) in [5.41, 5.74) is 0. The van der Waals surface area contributed by atoms with Crippen LogP contribution in [-0.4, -0.2) is 241 Å². The van der Waals surface area contributed by atoms with Gasteiger partial charge in [0.05, 0.1) is 0 Å². The van der Waals surface area contributed by atoms with Crippen LogP contribution in [0, 0.1) is 0 Å². The SMILES string of the molecule is CCCCCCCCCCCCCC(=O)OCC(O)CN(CCN(CCN(CC(O)COC(=O)CCCCCCCCCCC)CC(O)COC(=O)CCCCCCCCCCC)CCN(CC(O)COC(=O)CCCCCCCCCCC)CC(O)COC(=O)CCCCCCCCCCC)CC(O)COC(=O)CCCCCCCCCCC. The molecule has 6 unspecified atom stereocenters. The van der Waals surface area contributed by atoms with E-state index in [-0.39, 0.29) is 157 Å². The first-order valence-electron chi connectivity index (χ1n) is 50.3. The maximum Gasteiger partial charge on any atom is 0.305 e. The molecule has 0 aliphatic rings. The minimum atomic E-state index is -1.17. The van der Waals surface area contributed by atoms with Gasteiger partial charge >= 0.3 is 35.8 Å². The van der Waals surface area contributed by atoms with Gasteiger partial charge in [-0.1, -0.05) is 363 Å². The van der Waals surface area contributed by atoms with E-state index in [4.69, 9.17) is 28.4 Å². The average molecular weight is 1710 g/mol. The molecule has 0 aromatic carbocycles. The molecule has 0 radical (unpaired) electrons. The first-order valence-corrected chi connectivity index (χ1v) is 50.3. The summed E-state index contributed by atoms with van der Waals surface area (Å²) in [4.78, 5) is 86.5. The number of hydrogen-bond acceptors (Lipinski definition) is 22.